The minimum atomic E-state index is 0.00262. The van der Waals surface area contributed by atoms with E-state index in [-0.39, 0.29) is 6.04 Å². The normalized spacial score (nSPS) is 12.4. The Hall–Kier alpha value is -1.13. The average molecular weight is 238 g/mol. The van der Waals surface area contributed by atoms with Gasteiger partial charge >= 0.3 is 0 Å². The molecule has 4 heteroatoms. The third-order valence-corrected chi connectivity index (χ3v) is 2.50. The van der Waals surface area contributed by atoms with Crippen LogP contribution in [0.2, 0.25) is 0 Å². The minimum absolute atomic E-state index is 0.00262. The van der Waals surface area contributed by atoms with Crippen LogP contribution in [0.25, 0.3) is 0 Å². The fourth-order valence-electron chi connectivity index (χ4n) is 1.55. The molecule has 0 aromatic carbocycles. The number of rotatable bonds is 8. The Morgan fingerprint density at radius 2 is 2.18 bits per heavy atom. The van der Waals surface area contributed by atoms with Gasteiger partial charge in [0.25, 0.3) is 0 Å². The molecule has 17 heavy (non-hydrogen) atoms. The number of methoxy groups -OCH3 is 1. The maximum Gasteiger partial charge on any atom is 0.137 e. The molecule has 0 fully saturated rings. The molecule has 0 aliphatic carbocycles. The highest BCUT2D eigenvalue weighted by atomic mass is 16.5. The van der Waals surface area contributed by atoms with E-state index in [0.29, 0.717) is 6.61 Å². The van der Waals surface area contributed by atoms with Crippen molar-refractivity contribution in [1.82, 2.24) is 4.98 Å². The summed E-state index contributed by atoms with van der Waals surface area (Å²) in [7, 11) is 1.70. The molecular formula is C13H22N2O2. The van der Waals surface area contributed by atoms with E-state index in [9.17, 15) is 0 Å². The number of pyridine rings is 1. The number of nitrogens with two attached hydrogens (primary N) is 1. The molecule has 1 aromatic heterocycles. The second kappa shape index (κ2) is 8.03. The molecule has 1 aromatic rings. The van der Waals surface area contributed by atoms with E-state index in [4.69, 9.17) is 15.2 Å². The Morgan fingerprint density at radius 3 is 2.88 bits per heavy atom. The van der Waals surface area contributed by atoms with Crippen LogP contribution in [0.1, 0.15) is 37.8 Å². The second-order valence-electron chi connectivity index (χ2n) is 4.04. The van der Waals surface area contributed by atoms with Gasteiger partial charge in [0, 0.05) is 26.0 Å². The summed E-state index contributed by atoms with van der Waals surface area (Å²) in [6.45, 7) is 3.53. The molecule has 0 aliphatic heterocycles. The van der Waals surface area contributed by atoms with Crippen LogP contribution in [0.4, 0.5) is 0 Å². The first-order chi connectivity index (χ1) is 8.27. The van der Waals surface area contributed by atoms with Gasteiger partial charge in [-0.2, -0.15) is 0 Å². The maximum atomic E-state index is 6.08. The van der Waals surface area contributed by atoms with E-state index in [1.165, 1.54) is 0 Å². The molecule has 0 bridgehead atoms. The summed E-state index contributed by atoms with van der Waals surface area (Å²) >= 11 is 0. The summed E-state index contributed by atoms with van der Waals surface area (Å²) in [6, 6.07) is 1.97. The summed E-state index contributed by atoms with van der Waals surface area (Å²) in [5.41, 5.74) is 7.11. The molecule has 1 unspecified atom stereocenters. The molecule has 96 valence electrons. The largest absolute Gasteiger partial charge is 0.492 e. The molecule has 0 amide bonds. The van der Waals surface area contributed by atoms with Crippen molar-refractivity contribution in [3.8, 4) is 5.75 Å². The highest BCUT2D eigenvalue weighted by Crippen LogP contribution is 2.19. The highest BCUT2D eigenvalue weighted by molar-refractivity contribution is 5.25. The van der Waals surface area contributed by atoms with Gasteiger partial charge < -0.3 is 15.2 Å². The van der Waals surface area contributed by atoms with E-state index in [2.05, 4.69) is 11.9 Å². The number of hydrogen-bond donors (Lipinski definition) is 1. The molecular weight excluding hydrogens is 216 g/mol. The zero-order valence-corrected chi connectivity index (χ0v) is 10.7. The zero-order valence-electron chi connectivity index (χ0n) is 10.7. The van der Waals surface area contributed by atoms with Gasteiger partial charge in [-0.05, 0) is 30.9 Å². The first-order valence-electron chi connectivity index (χ1n) is 6.10. The lowest BCUT2D eigenvalue weighted by Crippen LogP contribution is -2.11. The topological polar surface area (TPSA) is 57.4 Å². The molecule has 0 saturated heterocycles. The lowest BCUT2D eigenvalue weighted by molar-refractivity contribution is 0.190. The number of nitrogens with zero attached hydrogens (tertiary/aromatic N) is 1. The Morgan fingerprint density at radius 1 is 1.35 bits per heavy atom. The Kier molecular flexibility index (Phi) is 6.58. The average Bonchev–Trinajstić information content (AvgIpc) is 2.37. The monoisotopic (exact) mass is 238 g/mol. The van der Waals surface area contributed by atoms with Crippen LogP contribution >= 0.6 is 0 Å². The van der Waals surface area contributed by atoms with E-state index in [1.807, 2.05) is 6.07 Å². The number of hydrogen-bond acceptors (Lipinski definition) is 4. The molecule has 1 atom stereocenters. The summed E-state index contributed by atoms with van der Waals surface area (Å²) in [5, 5.41) is 0. The van der Waals surface area contributed by atoms with Crippen molar-refractivity contribution in [2.24, 2.45) is 5.73 Å². The number of aromatic nitrogens is 1. The minimum Gasteiger partial charge on any atom is -0.492 e. The molecule has 4 nitrogen and oxygen atoms in total. The summed E-state index contributed by atoms with van der Waals surface area (Å²) < 4.78 is 10.5. The van der Waals surface area contributed by atoms with Gasteiger partial charge in [-0.15, -0.1) is 0 Å². The van der Waals surface area contributed by atoms with Gasteiger partial charge in [0.1, 0.15) is 5.75 Å². The van der Waals surface area contributed by atoms with Gasteiger partial charge in [-0.1, -0.05) is 6.92 Å². The molecule has 0 radical (unpaired) electrons. The zero-order chi connectivity index (χ0) is 12.5. The summed E-state index contributed by atoms with van der Waals surface area (Å²) in [5.74, 6) is 0.798. The number of ether oxygens (including phenoxy) is 2. The standard InChI is InChI=1S/C13H22N2O2/c1-3-6-17-12-8-11(9-15-10-12)13(14)5-4-7-16-2/h8-10,13H,3-7,14H2,1-2H3. The third kappa shape index (κ3) is 5.15. The van der Waals surface area contributed by atoms with Crippen LogP contribution in [-0.2, 0) is 4.74 Å². The summed E-state index contributed by atoms with van der Waals surface area (Å²) in [6.07, 6.45) is 6.37. The SMILES string of the molecule is CCCOc1cncc(C(N)CCCOC)c1. The van der Waals surface area contributed by atoms with Gasteiger partial charge in [-0.3, -0.25) is 4.98 Å². The van der Waals surface area contributed by atoms with E-state index < -0.39 is 0 Å². The third-order valence-electron chi connectivity index (χ3n) is 2.50. The predicted octanol–water partition coefficient (Wildman–Crippen LogP) is 2.30. The molecule has 1 rings (SSSR count). The van der Waals surface area contributed by atoms with Gasteiger partial charge in [-0.25, -0.2) is 0 Å². The second-order valence-corrected chi connectivity index (χ2v) is 4.04. The molecule has 0 aliphatic rings. The van der Waals surface area contributed by atoms with Crippen molar-refractivity contribution in [3.05, 3.63) is 24.0 Å². The van der Waals surface area contributed by atoms with Crippen molar-refractivity contribution in [2.45, 2.75) is 32.2 Å². The molecule has 0 saturated carbocycles. The lowest BCUT2D eigenvalue weighted by atomic mass is 10.1. The van der Waals surface area contributed by atoms with E-state index in [1.54, 1.807) is 19.5 Å². The summed E-state index contributed by atoms with van der Waals surface area (Å²) in [4.78, 5) is 4.15. The Balaban J connectivity index is 2.51. The lowest BCUT2D eigenvalue weighted by Gasteiger charge is -2.12. The Labute approximate surface area is 103 Å². The van der Waals surface area contributed by atoms with Crippen molar-refractivity contribution < 1.29 is 9.47 Å². The first-order valence-corrected chi connectivity index (χ1v) is 6.10. The van der Waals surface area contributed by atoms with Gasteiger partial charge in [0.05, 0.1) is 12.8 Å². The highest BCUT2D eigenvalue weighted by Gasteiger charge is 2.07. The maximum absolute atomic E-state index is 6.08. The van der Waals surface area contributed by atoms with Crippen LogP contribution in [0.15, 0.2) is 18.5 Å². The van der Waals surface area contributed by atoms with Crippen LogP contribution in [0.5, 0.6) is 5.75 Å². The van der Waals surface area contributed by atoms with Crippen molar-refractivity contribution in [2.75, 3.05) is 20.3 Å². The molecule has 1 heterocycles. The Bertz CT molecular complexity index is 318. The van der Waals surface area contributed by atoms with Crippen LogP contribution in [-0.4, -0.2) is 25.3 Å². The smallest absolute Gasteiger partial charge is 0.137 e. The van der Waals surface area contributed by atoms with Gasteiger partial charge in [0.15, 0.2) is 0 Å². The van der Waals surface area contributed by atoms with E-state index in [0.717, 1.165) is 37.2 Å². The van der Waals surface area contributed by atoms with Crippen molar-refractivity contribution in [3.63, 3.8) is 0 Å². The molecule has 2 N–H and O–H groups in total. The first kappa shape index (κ1) is 13.9. The van der Waals surface area contributed by atoms with Crippen LogP contribution in [0, 0.1) is 0 Å². The van der Waals surface area contributed by atoms with E-state index >= 15 is 0 Å². The predicted molar refractivity (Wildman–Crippen MR) is 68.1 cm³/mol. The fourth-order valence-corrected chi connectivity index (χ4v) is 1.55. The van der Waals surface area contributed by atoms with Crippen LogP contribution < -0.4 is 10.5 Å². The van der Waals surface area contributed by atoms with Gasteiger partial charge in [0.2, 0.25) is 0 Å². The molecule has 0 spiro atoms. The van der Waals surface area contributed by atoms with Crippen molar-refractivity contribution >= 4 is 0 Å². The van der Waals surface area contributed by atoms with Crippen LogP contribution in [0.3, 0.4) is 0 Å². The fraction of sp³-hybridized carbons (Fsp3) is 0.615. The van der Waals surface area contributed by atoms with Crippen molar-refractivity contribution in [1.29, 1.82) is 0 Å². The quantitative estimate of drug-likeness (QED) is 0.706.